The number of aromatic hydroxyl groups is 1. The van der Waals surface area contributed by atoms with E-state index in [0.717, 1.165) is 5.56 Å². The third-order valence-corrected chi connectivity index (χ3v) is 3.77. The van der Waals surface area contributed by atoms with Crippen LogP contribution in [0.25, 0.3) is 11.4 Å². The summed E-state index contributed by atoms with van der Waals surface area (Å²) < 4.78 is 4.96. The minimum absolute atomic E-state index is 0.0102. The minimum Gasteiger partial charge on any atom is -0.504 e. The number of carbonyl (C=O) groups excluding carboxylic acids is 1. The lowest BCUT2D eigenvalue weighted by molar-refractivity contribution is 0.0950. The van der Waals surface area contributed by atoms with E-state index in [1.165, 1.54) is 25.6 Å². The van der Waals surface area contributed by atoms with Gasteiger partial charge in [-0.05, 0) is 48.0 Å². The number of nitrogens with zero attached hydrogens (tertiary/aromatic N) is 2. The molecule has 0 radical (unpaired) electrons. The molecule has 2 aromatic carbocycles. The van der Waals surface area contributed by atoms with E-state index < -0.39 is 5.91 Å². The summed E-state index contributed by atoms with van der Waals surface area (Å²) in [7, 11) is 1.46. The number of methoxy groups -OCH3 is 1. The Labute approximate surface area is 154 Å². The highest BCUT2D eigenvalue weighted by Crippen LogP contribution is 2.25. The molecule has 0 bridgehead atoms. The number of phenolic OH excluding ortho intramolecular Hbond substituents is 1. The Bertz CT molecular complexity index is 951. The summed E-state index contributed by atoms with van der Waals surface area (Å²) in [5.41, 5.74) is 4.08. The summed E-state index contributed by atoms with van der Waals surface area (Å²) in [6.07, 6.45) is 2.83. The van der Waals surface area contributed by atoms with Crippen LogP contribution in [-0.4, -0.2) is 34.3 Å². The number of imidazole rings is 1. The Morgan fingerprint density at radius 1 is 1.31 bits per heavy atom. The zero-order chi connectivity index (χ0) is 18.5. The Hall–Kier alpha value is -3.32. The summed E-state index contributed by atoms with van der Waals surface area (Å²) in [4.78, 5) is 19.2. The Balaban J connectivity index is 1.65. The van der Waals surface area contributed by atoms with Gasteiger partial charge in [0.15, 0.2) is 11.5 Å². The molecule has 0 aliphatic carbocycles. The number of aromatic amines is 1. The fraction of sp³-hybridized carbons (Fsp3) is 0.0556. The van der Waals surface area contributed by atoms with Gasteiger partial charge in [-0.15, -0.1) is 0 Å². The van der Waals surface area contributed by atoms with Gasteiger partial charge in [-0.1, -0.05) is 11.6 Å². The molecule has 132 valence electrons. The van der Waals surface area contributed by atoms with E-state index in [1.54, 1.807) is 36.4 Å². The largest absolute Gasteiger partial charge is 0.504 e. The first-order valence-electron chi connectivity index (χ1n) is 7.58. The fourth-order valence-corrected chi connectivity index (χ4v) is 2.33. The van der Waals surface area contributed by atoms with Crippen molar-refractivity contribution < 1.29 is 14.6 Å². The van der Waals surface area contributed by atoms with E-state index in [9.17, 15) is 9.90 Å². The van der Waals surface area contributed by atoms with Gasteiger partial charge >= 0.3 is 0 Å². The van der Waals surface area contributed by atoms with Gasteiger partial charge in [-0.2, -0.15) is 5.10 Å². The van der Waals surface area contributed by atoms with Crippen molar-refractivity contribution in [2.24, 2.45) is 5.10 Å². The first-order valence-corrected chi connectivity index (χ1v) is 7.96. The average Bonchev–Trinajstić information content (AvgIpc) is 3.12. The fourth-order valence-electron chi connectivity index (χ4n) is 2.20. The van der Waals surface area contributed by atoms with Gasteiger partial charge in [-0.25, -0.2) is 10.4 Å². The van der Waals surface area contributed by atoms with Gasteiger partial charge < -0.3 is 14.8 Å². The number of nitrogens with one attached hydrogen (secondary N) is 2. The van der Waals surface area contributed by atoms with Crippen LogP contribution in [0.4, 0.5) is 0 Å². The van der Waals surface area contributed by atoms with Crippen LogP contribution in [0, 0.1) is 0 Å². The normalized spacial score (nSPS) is 10.8. The molecule has 3 aromatic rings. The van der Waals surface area contributed by atoms with Crippen LogP contribution >= 0.6 is 11.6 Å². The molecular formula is C18H15ClN4O3. The molecule has 7 nitrogen and oxygen atoms in total. The van der Waals surface area contributed by atoms with E-state index in [0.29, 0.717) is 22.2 Å². The number of phenols is 1. The number of carbonyl (C=O) groups is 1. The standard InChI is InChI=1S/C18H15ClN4O3/c1-26-16-7-2-11(8-15(16)24)9-21-23-18(25)14-10-20-17(22-14)12-3-5-13(19)6-4-12/h2-10,24H,1H3,(H,20,22)(H,23,25). The minimum atomic E-state index is -0.438. The number of benzene rings is 2. The van der Waals surface area contributed by atoms with Crippen molar-refractivity contribution in [3.05, 3.63) is 64.9 Å². The second-order valence-corrected chi connectivity index (χ2v) is 5.72. The number of aromatic nitrogens is 2. The van der Waals surface area contributed by atoms with Gasteiger partial charge in [-0.3, -0.25) is 4.79 Å². The van der Waals surface area contributed by atoms with Gasteiger partial charge in [0.2, 0.25) is 0 Å². The molecule has 0 aliphatic rings. The van der Waals surface area contributed by atoms with Crippen molar-refractivity contribution in [1.29, 1.82) is 0 Å². The second kappa shape index (κ2) is 7.71. The predicted molar refractivity (Wildman–Crippen MR) is 98.8 cm³/mol. The van der Waals surface area contributed by atoms with Crippen LogP contribution < -0.4 is 10.2 Å². The highest BCUT2D eigenvalue weighted by molar-refractivity contribution is 6.30. The Kier molecular flexibility index (Phi) is 5.19. The molecule has 0 unspecified atom stereocenters. The number of hydrogen-bond donors (Lipinski definition) is 3. The smallest absolute Gasteiger partial charge is 0.289 e. The van der Waals surface area contributed by atoms with Crippen molar-refractivity contribution >= 4 is 23.7 Å². The number of hydrogen-bond acceptors (Lipinski definition) is 5. The van der Waals surface area contributed by atoms with Gasteiger partial charge in [0.05, 0.1) is 19.5 Å². The van der Waals surface area contributed by atoms with Crippen molar-refractivity contribution in [3.63, 3.8) is 0 Å². The van der Waals surface area contributed by atoms with Crippen molar-refractivity contribution in [3.8, 4) is 22.9 Å². The van der Waals surface area contributed by atoms with E-state index >= 15 is 0 Å². The van der Waals surface area contributed by atoms with E-state index in [4.69, 9.17) is 16.3 Å². The molecule has 3 N–H and O–H groups in total. The average molecular weight is 371 g/mol. The molecule has 8 heteroatoms. The van der Waals surface area contributed by atoms with Gasteiger partial charge in [0.1, 0.15) is 11.5 Å². The summed E-state index contributed by atoms with van der Waals surface area (Å²) in [5.74, 6) is 0.463. The quantitative estimate of drug-likeness (QED) is 0.474. The number of hydrazone groups is 1. The molecule has 1 heterocycles. The van der Waals surface area contributed by atoms with Crippen molar-refractivity contribution in [2.45, 2.75) is 0 Å². The molecule has 0 atom stereocenters. The molecule has 26 heavy (non-hydrogen) atoms. The third kappa shape index (κ3) is 4.01. The number of halogens is 1. The van der Waals surface area contributed by atoms with E-state index in [2.05, 4.69) is 20.5 Å². The maximum atomic E-state index is 12.1. The monoisotopic (exact) mass is 370 g/mol. The lowest BCUT2D eigenvalue weighted by Crippen LogP contribution is -2.17. The molecule has 1 aromatic heterocycles. The van der Waals surface area contributed by atoms with Crippen LogP contribution in [0.2, 0.25) is 5.02 Å². The van der Waals surface area contributed by atoms with Crippen LogP contribution in [0.15, 0.2) is 53.8 Å². The highest BCUT2D eigenvalue weighted by Gasteiger charge is 2.10. The SMILES string of the molecule is COc1ccc(C=NNC(=O)c2cnc(-c3ccc(Cl)cc3)[nH]2)cc1O. The van der Waals surface area contributed by atoms with Crippen LogP contribution in [0.5, 0.6) is 11.5 Å². The lowest BCUT2D eigenvalue weighted by atomic mass is 10.2. The van der Waals surface area contributed by atoms with Gasteiger partial charge in [0, 0.05) is 10.6 Å². The molecule has 1 amide bonds. The summed E-state index contributed by atoms with van der Waals surface area (Å²) in [6.45, 7) is 0. The van der Waals surface area contributed by atoms with Crippen molar-refractivity contribution in [2.75, 3.05) is 7.11 Å². The maximum absolute atomic E-state index is 12.1. The summed E-state index contributed by atoms with van der Waals surface area (Å²) in [5, 5.41) is 14.2. The van der Waals surface area contributed by atoms with Gasteiger partial charge in [0.25, 0.3) is 5.91 Å². The number of amides is 1. The Morgan fingerprint density at radius 2 is 2.08 bits per heavy atom. The van der Waals surface area contributed by atoms with E-state index in [1.807, 2.05) is 0 Å². The van der Waals surface area contributed by atoms with Crippen LogP contribution in [-0.2, 0) is 0 Å². The number of rotatable bonds is 5. The molecule has 3 rings (SSSR count). The molecule has 0 fully saturated rings. The molecular weight excluding hydrogens is 356 g/mol. The molecule has 0 spiro atoms. The zero-order valence-electron chi connectivity index (χ0n) is 13.7. The Morgan fingerprint density at radius 3 is 2.77 bits per heavy atom. The van der Waals surface area contributed by atoms with Crippen molar-refractivity contribution in [1.82, 2.24) is 15.4 Å². The number of ether oxygens (including phenoxy) is 1. The summed E-state index contributed by atoms with van der Waals surface area (Å²) >= 11 is 5.86. The summed E-state index contributed by atoms with van der Waals surface area (Å²) in [6, 6.07) is 11.9. The maximum Gasteiger partial charge on any atom is 0.289 e. The van der Waals surface area contributed by atoms with Crippen LogP contribution in [0.1, 0.15) is 16.1 Å². The zero-order valence-corrected chi connectivity index (χ0v) is 14.5. The second-order valence-electron chi connectivity index (χ2n) is 5.28. The third-order valence-electron chi connectivity index (χ3n) is 3.52. The lowest BCUT2D eigenvalue weighted by Gasteiger charge is -2.03. The molecule has 0 saturated heterocycles. The van der Waals surface area contributed by atoms with Crippen LogP contribution in [0.3, 0.4) is 0 Å². The predicted octanol–water partition coefficient (Wildman–Crippen LogP) is 3.21. The number of H-pyrrole nitrogens is 1. The molecule has 0 aliphatic heterocycles. The first kappa shape index (κ1) is 17.5. The topological polar surface area (TPSA) is 99.6 Å². The highest BCUT2D eigenvalue weighted by atomic mass is 35.5. The van der Waals surface area contributed by atoms with E-state index in [-0.39, 0.29) is 11.4 Å². The first-order chi connectivity index (χ1) is 12.6. The molecule has 0 saturated carbocycles.